The molecule has 0 bridgehead atoms. The van der Waals surface area contributed by atoms with Gasteiger partial charge in [-0.3, -0.25) is 0 Å². The third-order valence-electron chi connectivity index (χ3n) is 3.29. The minimum atomic E-state index is -0.221. The van der Waals surface area contributed by atoms with Crippen molar-refractivity contribution in [1.82, 2.24) is 0 Å². The van der Waals surface area contributed by atoms with Crippen molar-refractivity contribution in [2.24, 2.45) is 5.73 Å². The summed E-state index contributed by atoms with van der Waals surface area (Å²) in [5.74, 6) is 1.58. The van der Waals surface area contributed by atoms with Gasteiger partial charge in [-0.2, -0.15) is 0 Å². The van der Waals surface area contributed by atoms with E-state index in [-0.39, 0.29) is 12.1 Å². The van der Waals surface area contributed by atoms with Gasteiger partial charge in [-0.05, 0) is 24.6 Å². The first-order chi connectivity index (χ1) is 9.76. The van der Waals surface area contributed by atoms with E-state index in [1.54, 1.807) is 13.4 Å². The fraction of sp³-hybridized carbons (Fsp3) is 0.375. The topological polar surface area (TPSA) is 57.6 Å². The van der Waals surface area contributed by atoms with Crippen LogP contribution in [-0.2, 0) is 11.3 Å². The van der Waals surface area contributed by atoms with Crippen LogP contribution in [-0.4, -0.2) is 13.2 Å². The van der Waals surface area contributed by atoms with Crippen molar-refractivity contribution >= 4 is 0 Å². The fourth-order valence-electron chi connectivity index (χ4n) is 2.13. The van der Waals surface area contributed by atoms with Gasteiger partial charge in [-0.25, -0.2) is 0 Å². The SMILES string of the molecule is CCC(N)C(OCc1ccco1)c1ccccc1OC. The molecule has 2 N–H and O–H groups in total. The molecule has 0 saturated heterocycles. The van der Waals surface area contributed by atoms with E-state index in [9.17, 15) is 0 Å². The molecule has 0 fully saturated rings. The number of furan rings is 1. The Hall–Kier alpha value is -1.78. The van der Waals surface area contributed by atoms with E-state index in [0.717, 1.165) is 23.5 Å². The quantitative estimate of drug-likeness (QED) is 0.842. The van der Waals surface area contributed by atoms with E-state index >= 15 is 0 Å². The van der Waals surface area contributed by atoms with Crippen LogP contribution in [0.2, 0.25) is 0 Å². The van der Waals surface area contributed by atoms with Gasteiger partial charge in [-0.1, -0.05) is 25.1 Å². The van der Waals surface area contributed by atoms with Crippen molar-refractivity contribution in [2.75, 3.05) is 7.11 Å². The molecule has 4 heteroatoms. The number of rotatable bonds is 7. The van der Waals surface area contributed by atoms with Crippen LogP contribution in [0.5, 0.6) is 5.75 Å². The van der Waals surface area contributed by atoms with Crippen molar-refractivity contribution in [1.29, 1.82) is 0 Å². The van der Waals surface area contributed by atoms with E-state index in [1.807, 2.05) is 43.3 Å². The lowest BCUT2D eigenvalue weighted by Gasteiger charge is -2.25. The second-order valence-corrected chi connectivity index (χ2v) is 4.63. The van der Waals surface area contributed by atoms with Crippen molar-refractivity contribution in [3.63, 3.8) is 0 Å². The lowest BCUT2D eigenvalue weighted by molar-refractivity contribution is 0.0113. The molecule has 0 saturated carbocycles. The average molecular weight is 275 g/mol. The van der Waals surface area contributed by atoms with Gasteiger partial charge in [0, 0.05) is 11.6 Å². The zero-order valence-electron chi connectivity index (χ0n) is 11.9. The molecule has 4 nitrogen and oxygen atoms in total. The zero-order valence-corrected chi connectivity index (χ0v) is 11.9. The number of methoxy groups -OCH3 is 1. The van der Waals surface area contributed by atoms with Gasteiger partial charge in [-0.15, -0.1) is 0 Å². The summed E-state index contributed by atoms with van der Waals surface area (Å²) in [6.07, 6.45) is 2.23. The van der Waals surface area contributed by atoms with Crippen LogP contribution in [0, 0.1) is 0 Å². The number of para-hydroxylation sites is 1. The molecular formula is C16H21NO3. The van der Waals surface area contributed by atoms with Gasteiger partial charge in [0.2, 0.25) is 0 Å². The molecule has 20 heavy (non-hydrogen) atoms. The molecule has 2 unspecified atom stereocenters. The first-order valence-electron chi connectivity index (χ1n) is 6.78. The highest BCUT2D eigenvalue weighted by molar-refractivity contribution is 5.36. The lowest BCUT2D eigenvalue weighted by atomic mass is 10.00. The van der Waals surface area contributed by atoms with Gasteiger partial charge in [0.25, 0.3) is 0 Å². The predicted molar refractivity (Wildman–Crippen MR) is 77.5 cm³/mol. The van der Waals surface area contributed by atoms with Crippen LogP contribution >= 0.6 is 0 Å². The number of hydrogen-bond donors (Lipinski definition) is 1. The van der Waals surface area contributed by atoms with Gasteiger partial charge in [0.1, 0.15) is 24.2 Å². The van der Waals surface area contributed by atoms with Crippen LogP contribution in [0.4, 0.5) is 0 Å². The predicted octanol–water partition coefficient (Wildman–Crippen LogP) is 3.28. The van der Waals surface area contributed by atoms with Crippen LogP contribution in [0.1, 0.15) is 30.8 Å². The number of ether oxygens (including phenoxy) is 2. The summed E-state index contributed by atoms with van der Waals surface area (Å²) >= 11 is 0. The Morgan fingerprint density at radius 1 is 1.20 bits per heavy atom. The Bertz CT molecular complexity index is 510. The smallest absolute Gasteiger partial charge is 0.129 e. The van der Waals surface area contributed by atoms with Crippen LogP contribution < -0.4 is 10.5 Å². The van der Waals surface area contributed by atoms with Crippen LogP contribution in [0.3, 0.4) is 0 Å². The minimum Gasteiger partial charge on any atom is -0.496 e. The van der Waals surface area contributed by atoms with Gasteiger partial charge in [0.15, 0.2) is 0 Å². The number of hydrogen-bond acceptors (Lipinski definition) is 4. The van der Waals surface area contributed by atoms with Gasteiger partial charge in [0.05, 0.1) is 13.4 Å². The van der Waals surface area contributed by atoms with Gasteiger partial charge < -0.3 is 19.6 Å². The van der Waals surface area contributed by atoms with E-state index in [1.165, 1.54) is 0 Å². The highest BCUT2D eigenvalue weighted by Gasteiger charge is 2.23. The maximum atomic E-state index is 6.20. The first-order valence-corrected chi connectivity index (χ1v) is 6.78. The Labute approximate surface area is 119 Å². The Balaban J connectivity index is 2.18. The third kappa shape index (κ3) is 3.40. The van der Waals surface area contributed by atoms with E-state index in [4.69, 9.17) is 19.6 Å². The van der Waals surface area contributed by atoms with E-state index < -0.39 is 0 Å². The van der Waals surface area contributed by atoms with Crippen molar-refractivity contribution in [3.8, 4) is 5.75 Å². The summed E-state index contributed by atoms with van der Waals surface area (Å²) in [6, 6.07) is 11.4. The molecule has 1 aromatic carbocycles. The summed E-state index contributed by atoms with van der Waals surface area (Å²) in [5, 5.41) is 0. The van der Waals surface area contributed by atoms with Crippen LogP contribution in [0.15, 0.2) is 47.1 Å². The second kappa shape index (κ2) is 7.12. The third-order valence-corrected chi connectivity index (χ3v) is 3.29. The summed E-state index contributed by atoms with van der Waals surface area (Å²) < 4.78 is 16.7. The standard InChI is InChI=1S/C16H21NO3/c1-3-14(17)16(20-11-12-7-6-10-19-12)13-8-4-5-9-15(13)18-2/h4-10,14,16H,3,11,17H2,1-2H3. The maximum absolute atomic E-state index is 6.20. The first kappa shape index (κ1) is 14.6. The Kier molecular flexibility index (Phi) is 5.21. The van der Waals surface area contributed by atoms with Gasteiger partial charge >= 0.3 is 0 Å². The molecular weight excluding hydrogens is 254 g/mol. The molecule has 1 aromatic heterocycles. The molecule has 0 radical (unpaired) electrons. The molecule has 0 amide bonds. The largest absolute Gasteiger partial charge is 0.496 e. The van der Waals surface area contributed by atoms with E-state index in [2.05, 4.69) is 0 Å². The van der Waals surface area contributed by atoms with E-state index in [0.29, 0.717) is 6.61 Å². The molecule has 2 aromatic rings. The summed E-state index contributed by atoms with van der Waals surface area (Å²) in [6.45, 7) is 2.44. The number of nitrogens with two attached hydrogens (primary N) is 1. The average Bonchev–Trinajstić information content (AvgIpc) is 3.01. The Morgan fingerprint density at radius 3 is 2.65 bits per heavy atom. The fourth-order valence-corrected chi connectivity index (χ4v) is 2.13. The molecule has 0 spiro atoms. The Morgan fingerprint density at radius 2 is 2.00 bits per heavy atom. The summed E-state index contributed by atoms with van der Waals surface area (Å²) in [5.41, 5.74) is 7.17. The summed E-state index contributed by atoms with van der Waals surface area (Å²) in [4.78, 5) is 0. The van der Waals surface area contributed by atoms with Crippen molar-refractivity contribution < 1.29 is 13.9 Å². The lowest BCUT2D eigenvalue weighted by Crippen LogP contribution is -2.29. The monoisotopic (exact) mass is 275 g/mol. The molecule has 0 aliphatic carbocycles. The molecule has 108 valence electrons. The number of benzene rings is 1. The van der Waals surface area contributed by atoms with Crippen LogP contribution in [0.25, 0.3) is 0 Å². The highest BCUT2D eigenvalue weighted by atomic mass is 16.5. The minimum absolute atomic E-state index is 0.0961. The molecule has 1 heterocycles. The highest BCUT2D eigenvalue weighted by Crippen LogP contribution is 2.31. The normalized spacial score (nSPS) is 13.9. The van der Waals surface area contributed by atoms with Crippen molar-refractivity contribution in [3.05, 3.63) is 54.0 Å². The molecule has 2 atom stereocenters. The molecule has 0 aliphatic rings. The van der Waals surface area contributed by atoms with Crippen molar-refractivity contribution in [2.45, 2.75) is 32.1 Å². The second-order valence-electron chi connectivity index (χ2n) is 4.63. The summed E-state index contributed by atoms with van der Waals surface area (Å²) in [7, 11) is 1.65. The zero-order chi connectivity index (χ0) is 14.4. The molecule has 0 aliphatic heterocycles. The maximum Gasteiger partial charge on any atom is 0.129 e. The molecule has 2 rings (SSSR count).